The lowest BCUT2D eigenvalue weighted by atomic mass is 9.94. The van der Waals surface area contributed by atoms with Gasteiger partial charge in [0.25, 0.3) is 0 Å². The molecule has 0 radical (unpaired) electrons. The third kappa shape index (κ3) is 3.30. The quantitative estimate of drug-likeness (QED) is 0.422. The Balaban J connectivity index is 1.69. The Labute approximate surface area is 152 Å². The normalized spacial score (nSPS) is 18.4. The summed E-state index contributed by atoms with van der Waals surface area (Å²) in [6, 6.07) is 3.84. The molecular weight excluding hydrogens is 357 g/mol. The van der Waals surface area contributed by atoms with Crippen LogP contribution in [0.5, 0.6) is 0 Å². The summed E-state index contributed by atoms with van der Waals surface area (Å²) in [6.07, 6.45) is 1.76. The van der Waals surface area contributed by atoms with Gasteiger partial charge in [0.05, 0.1) is 11.7 Å². The van der Waals surface area contributed by atoms with Crippen molar-refractivity contribution in [3.63, 3.8) is 0 Å². The number of aliphatic imine (C=N–C) groups is 1. The Morgan fingerprint density at radius 3 is 3.00 bits per heavy atom. The van der Waals surface area contributed by atoms with Crippen molar-refractivity contribution in [2.75, 3.05) is 13.1 Å². The summed E-state index contributed by atoms with van der Waals surface area (Å²) < 4.78 is 38.4. The lowest BCUT2D eigenvalue weighted by Gasteiger charge is -2.21. The summed E-state index contributed by atoms with van der Waals surface area (Å²) in [5, 5.41) is 10.7. The standard InChI is InChI=1S/C18H15F3N6/c19-18(20,21)7-15(26-10-22)27-6-3-11(9-27)12-1-4-23-14-8-25-17-13(16(12)14)2-5-24-17/h1-2,4-5,8,11H,3,6-7,9H2,(H,24,25)/t11-/m1/s1. The zero-order chi connectivity index (χ0) is 19.0. The molecule has 4 heterocycles. The van der Waals surface area contributed by atoms with Gasteiger partial charge in [-0.05, 0) is 24.1 Å². The van der Waals surface area contributed by atoms with Gasteiger partial charge in [-0.2, -0.15) is 23.4 Å². The lowest BCUT2D eigenvalue weighted by Crippen LogP contribution is -2.32. The molecule has 1 aliphatic heterocycles. The molecule has 6 nitrogen and oxygen atoms in total. The summed E-state index contributed by atoms with van der Waals surface area (Å²) in [4.78, 5) is 16.8. The van der Waals surface area contributed by atoms with E-state index in [0.29, 0.717) is 19.5 Å². The van der Waals surface area contributed by atoms with E-state index in [9.17, 15) is 13.2 Å². The number of halogens is 3. The largest absolute Gasteiger partial charge is 0.396 e. The number of amidine groups is 1. The average molecular weight is 372 g/mol. The Bertz CT molecular complexity index is 1060. The second-order valence-electron chi connectivity index (χ2n) is 6.51. The molecule has 1 saturated heterocycles. The topological polar surface area (TPSA) is 81.0 Å². The van der Waals surface area contributed by atoms with Crippen LogP contribution in [0, 0.1) is 11.5 Å². The van der Waals surface area contributed by atoms with E-state index in [1.54, 1.807) is 23.5 Å². The van der Waals surface area contributed by atoms with E-state index in [4.69, 9.17) is 5.26 Å². The molecule has 0 unspecified atom stereocenters. The number of nitrogens with zero attached hydrogens (tertiary/aromatic N) is 5. The van der Waals surface area contributed by atoms with Crippen LogP contribution < -0.4 is 0 Å². The van der Waals surface area contributed by atoms with Crippen LogP contribution in [0.2, 0.25) is 0 Å². The summed E-state index contributed by atoms with van der Waals surface area (Å²) in [6.45, 7) is 0.802. The van der Waals surface area contributed by atoms with Crippen LogP contribution in [0.15, 0.2) is 35.7 Å². The minimum atomic E-state index is -4.40. The molecule has 0 spiro atoms. The van der Waals surface area contributed by atoms with Gasteiger partial charge in [-0.3, -0.25) is 4.98 Å². The number of H-pyrrole nitrogens is 1. The molecule has 3 aromatic heterocycles. The van der Waals surface area contributed by atoms with Crippen molar-refractivity contribution in [3.8, 4) is 6.19 Å². The zero-order valence-corrected chi connectivity index (χ0v) is 14.2. The van der Waals surface area contributed by atoms with Gasteiger partial charge in [0.15, 0.2) is 0 Å². The monoisotopic (exact) mass is 372 g/mol. The van der Waals surface area contributed by atoms with E-state index in [1.807, 2.05) is 12.1 Å². The smallest absolute Gasteiger partial charge is 0.358 e. The molecule has 0 bridgehead atoms. The van der Waals surface area contributed by atoms with Gasteiger partial charge in [0, 0.05) is 42.2 Å². The number of pyridine rings is 2. The number of aromatic amines is 1. The number of hydrogen-bond donors (Lipinski definition) is 1. The van der Waals surface area contributed by atoms with Crippen LogP contribution in [0.3, 0.4) is 0 Å². The lowest BCUT2D eigenvalue weighted by molar-refractivity contribution is -0.122. The first kappa shape index (κ1) is 17.3. The van der Waals surface area contributed by atoms with Crippen molar-refractivity contribution < 1.29 is 13.2 Å². The first-order chi connectivity index (χ1) is 13.0. The van der Waals surface area contributed by atoms with Crippen molar-refractivity contribution >= 4 is 27.8 Å². The fourth-order valence-corrected chi connectivity index (χ4v) is 3.73. The van der Waals surface area contributed by atoms with Gasteiger partial charge in [-0.15, -0.1) is 0 Å². The number of nitriles is 1. The molecule has 0 aromatic carbocycles. The molecule has 0 amide bonds. The minimum absolute atomic E-state index is 0.0214. The molecule has 27 heavy (non-hydrogen) atoms. The highest BCUT2D eigenvalue weighted by atomic mass is 19.4. The molecular formula is C18H15F3N6. The zero-order valence-electron chi connectivity index (χ0n) is 14.2. The Hall–Kier alpha value is -3.15. The van der Waals surface area contributed by atoms with E-state index in [1.165, 1.54) is 6.19 Å². The molecule has 1 aliphatic rings. The Kier molecular flexibility index (Phi) is 4.18. The molecule has 1 atom stereocenters. The van der Waals surface area contributed by atoms with Crippen molar-refractivity contribution in [2.45, 2.75) is 24.9 Å². The van der Waals surface area contributed by atoms with Crippen molar-refractivity contribution in [1.29, 1.82) is 5.26 Å². The second kappa shape index (κ2) is 6.54. The van der Waals surface area contributed by atoms with Gasteiger partial charge < -0.3 is 9.88 Å². The molecule has 0 saturated carbocycles. The molecule has 1 fully saturated rings. The highest BCUT2D eigenvalue weighted by Gasteiger charge is 2.35. The highest BCUT2D eigenvalue weighted by Crippen LogP contribution is 2.35. The summed E-state index contributed by atoms with van der Waals surface area (Å²) >= 11 is 0. The van der Waals surface area contributed by atoms with Crippen molar-refractivity contribution in [2.24, 2.45) is 4.99 Å². The van der Waals surface area contributed by atoms with E-state index < -0.39 is 12.6 Å². The molecule has 0 aliphatic carbocycles. The number of hydrogen-bond acceptors (Lipinski definition) is 4. The Morgan fingerprint density at radius 1 is 1.37 bits per heavy atom. The van der Waals surface area contributed by atoms with Crippen molar-refractivity contribution in [1.82, 2.24) is 19.9 Å². The fraction of sp³-hybridized carbons (Fsp3) is 0.333. The fourth-order valence-electron chi connectivity index (χ4n) is 3.73. The minimum Gasteiger partial charge on any atom is -0.358 e. The number of fused-ring (bicyclic) bond motifs is 3. The van der Waals surface area contributed by atoms with Crippen molar-refractivity contribution in [3.05, 3.63) is 36.3 Å². The predicted molar refractivity (Wildman–Crippen MR) is 94.0 cm³/mol. The van der Waals surface area contributed by atoms with Crippen LogP contribution in [-0.4, -0.2) is 45.0 Å². The van der Waals surface area contributed by atoms with Crippen LogP contribution in [0.25, 0.3) is 21.9 Å². The maximum absolute atomic E-state index is 12.8. The number of likely N-dealkylation sites (tertiary alicyclic amines) is 1. The predicted octanol–water partition coefficient (Wildman–Crippen LogP) is 3.73. The summed E-state index contributed by atoms with van der Waals surface area (Å²) in [5.41, 5.74) is 2.52. The van der Waals surface area contributed by atoms with E-state index >= 15 is 0 Å². The third-order valence-corrected chi connectivity index (χ3v) is 4.85. The van der Waals surface area contributed by atoms with Gasteiger partial charge in [0.2, 0.25) is 6.19 Å². The molecule has 1 N–H and O–H groups in total. The Morgan fingerprint density at radius 2 is 2.22 bits per heavy atom. The van der Waals surface area contributed by atoms with Crippen LogP contribution in [0.1, 0.15) is 24.3 Å². The molecule has 138 valence electrons. The van der Waals surface area contributed by atoms with Gasteiger partial charge >= 0.3 is 6.18 Å². The second-order valence-corrected chi connectivity index (χ2v) is 6.51. The third-order valence-electron chi connectivity index (χ3n) is 4.85. The first-order valence-corrected chi connectivity index (χ1v) is 8.44. The van der Waals surface area contributed by atoms with Gasteiger partial charge in [-0.25, -0.2) is 4.98 Å². The first-order valence-electron chi connectivity index (χ1n) is 8.44. The van der Waals surface area contributed by atoms with E-state index in [2.05, 4.69) is 19.9 Å². The summed E-state index contributed by atoms with van der Waals surface area (Å²) in [5.74, 6) is -0.201. The average Bonchev–Trinajstić information content (AvgIpc) is 3.29. The highest BCUT2D eigenvalue weighted by molar-refractivity contribution is 6.05. The van der Waals surface area contributed by atoms with E-state index in [0.717, 1.165) is 27.5 Å². The molecule has 3 aromatic rings. The van der Waals surface area contributed by atoms with Crippen LogP contribution in [-0.2, 0) is 0 Å². The number of alkyl halides is 3. The van der Waals surface area contributed by atoms with E-state index in [-0.39, 0.29) is 11.8 Å². The van der Waals surface area contributed by atoms with Crippen LogP contribution >= 0.6 is 0 Å². The number of aromatic nitrogens is 3. The molecule has 9 heteroatoms. The molecule has 4 rings (SSSR count). The maximum atomic E-state index is 12.8. The number of rotatable bonds is 2. The van der Waals surface area contributed by atoms with Gasteiger partial charge in [0.1, 0.15) is 17.9 Å². The van der Waals surface area contributed by atoms with Gasteiger partial charge in [-0.1, -0.05) is 0 Å². The summed E-state index contributed by atoms with van der Waals surface area (Å²) in [7, 11) is 0. The maximum Gasteiger partial charge on any atom is 0.396 e. The SMILES string of the molecule is N#CN=C(CC(F)(F)F)N1CC[C@@H](c2ccnc3cnc4[nH]ccc4c23)C1. The van der Waals surface area contributed by atoms with Crippen LogP contribution in [0.4, 0.5) is 13.2 Å². The number of nitrogens with one attached hydrogen (secondary N) is 1.